The Balaban J connectivity index is 2.70. The molecule has 0 fully saturated rings. The molecule has 13 heavy (non-hydrogen) atoms. The average Bonchev–Trinajstić information content (AvgIpc) is 2.66. The van der Waals surface area contributed by atoms with E-state index in [0.29, 0.717) is 5.95 Å². The van der Waals surface area contributed by atoms with E-state index in [1.807, 2.05) is 6.20 Å². The van der Waals surface area contributed by atoms with Gasteiger partial charge < -0.3 is 10.7 Å². The van der Waals surface area contributed by atoms with Crippen LogP contribution in [0.1, 0.15) is 0 Å². The van der Waals surface area contributed by atoms with Gasteiger partial charge in [-0.15, -0.1) is 0 Å². The number of rotatable bonds is 0. The number of anilines is 1. The van der Waals surface area contributed by atoms with Crippen LogP contribution in [0, 0.1) is 0 Å². The maximum Gasteiger partial charge on any atom is 0.223 e. The van der Waals surface area contributed by atoms with Crippen molar-refractivity contribution in [2.45, 2.75) is 0 Å². The number of nitrogen functional groups attached to an aromatic ring is 1. The molecule has 0 unspecified atom stereocenters. The molecular formula is C7H6N6. The van der Waals surface area contributed by atoms with Gasteiger partial charge in [0.2, 0.25) is 5.95 Å². The molecular weight excluding hydrogens is 168 g/mol. The number of fused-ring (bicyclic) bond motifs is 3. The highest BCUT2D eigenvalue weighted by molar-refractivity contribution is 5.91. The summed E-state index contributed by atoms with van der Waals surface area (Å²) in [6.45, 7) is 0. The largest absolute Gasteiger partial charge is 0.368 e. The van der Waals surface area contributed by atoms with Crippen molar-refractivity contribution in [3.8, 4) is 0 Å². The van der Waals surface area contributed by atoms with E-state index in [9.17, 15) is 0 Å². The van der Waals surface area contributed by atoms with Gasteiger partial charge in [0.05, 0.1) is 10.9 Å². The van der Waals surface area contributed by atoms with Crippen molar-refractivity contribution >= 4 is 22.5 Å². The molecule has 3 heterocycles. The molecule has 0 aliphatic heterocycles. The van der Waals surface area contributed by atoms with Crippen molar-refractivity contribution < 1.29 is 0 Å². The molecule has 0 aromatic carbocycles. The van der Waals surface area contributed by atoms with E-state index in [0.717, 1.165) is 16.6 Å². The van der Waals surface area contributed by atoms with Crippen molar-refractivity contribution in [1.82, 2.24) is 24.6 Å². The zero-order valence-corrected chi connectivity index (χ0v) is 6.60. The molecule has 0 saturated heterocycles. The van der Waals surface area contributed by atoms with E-state index in [-0.39, 0.29) is 0 Å². The Bertz CT molecular complexity index is 577. The molecule has 0 saturated carbocycles. The SMILES string of the molecule is Nc1nc2c[nH]cc2c2ncnn12. The third-order valence-corrected chi connectivity index (χ3v) is 1.96. The number of H-pyrrole nitrogens is 1. The number of nitrogens with zero attached hydrogens (tertiary/aromatic N) is 4. The van der Waals surface area contributed by atoms with Crippen molar-refractivity contribution in [2.24, 2.45) is 0 Å². The Kier molecular flexibility index (Phi) is 0.974. The van der Waals surface area contributed by atoms with Crippen LogP contribution < -0.4 is 5.73 Å². The Morgan fingerprint density at radius 3 is 3.23 bits per heavy atom. The molecule has 3 aromatic rings. The fourth-order valence-corrected chi connectivity index (χ4v) is 1.39. The smallest absolute Gasteiger partial charge is 0.223 e. The molecule has 64 valence electrons. The Labute approximate surface area is 72.4 Å². The van der Waals surface area contributed by atoms with E-state index >= 15 is 0 Å². The summed E-state index contributed by atoms with van der Waals surface area (Å²) in [5, 5.41) is 4.88. The first-order valence-corrected chi connectivity index (χ1v) is 3.78. The minimum Gasteiger partial charge on any atom is -0.368 e. The van der Waals surface area contributed by atoms with E-state index in [1.54, 1.807) is 6.20 Å². The summed E-state index contributed by atoms with van der Waals surface area (Å²) >= 11 is 0. The average molecular weight is 174 g/mol. The van der Waals surface area contributed by atoms with E-state index in [1.165, 1.54) is 10.8 Å². The van der Waals surface area contributed by atoms with Crippen molar-refractivity contribution in [3.05, 3.63) is 18.7 Å². The molecule has 3 aromatic heterocycles. The maximum atomic E-state index is 5.66. The first-order chi connectivity index (χ1) is 6.36. The van der Waals surface area contributed by atoms with Crippen LogP contribution in [0.3, 0.4) is 0 Å². The zero-order valence-electron chi connectivity index (χ0n) is 6.60. The fraction of sp³-hybridized carbons (Fsp3) is 0. The lowest BCUT2D eigenvalue weighted by Gasteiger charge is -1.96. The summed E-state index contributed by atoms with van der Waals surface area (Å²) < 4.78 is 1.51. The van der Waals surface area contributed by atoms with Crippen LogP contribution in [0.2, 0.25) is 0 Å². The van der Waals surface area contributed by atoms with Crippen LogP contribution in [-0.2, 0) is 0 Å². The second-order valence-corrected chi connectivity index (χ2v) is 2.72. The van der Waals surface area contributed by atoms with E-state index in [4.69, 9.17) is 5.73 Å². The minimum atomic E-state index is 0.347. The van der Waals surface area contributed by atoms with Crippen LogP contribution in [-0.4, -0.2) is 24.6 Å². The van der Waals surface area contributed by atoms with Crippen LogP contribution in [0.25, 0.3) is 16.6 Å². The summed E-state index contributed by atoms with van der Waals surface area (Å²) in [5.41, 5.74) is 7.19. The topological polar surface area (TPSA) is 84.9 Å². The lowest BCUT2D eigenvalue weighted by atomic mass is 10.4. The van der Waals surface area contributed by atoms with Gasteiger partial charge in [0.1, 0.15) is 6.33 Å². The molecule has 6 heteroatoms. The molecule has 0 amide bonds. The number of nitrogens with one attached hydrogen (secondary N) is 1. The van der Waals surface area contributed by atoms with Crippen molar-refractivity contribution in [1.29, 1.82) is 0 Å². The van der Waals surface area contributed by atoms with Gasteiger partial charge in [0.15, 0.2) is 5.65 Å². The third-order valence-electron chi connectivity index (χ3n) is 1.96. The monoisotopic (exact) mass is 174 g/mol. The minimum absolute atomic E-state index is 0.347. The number of hydrogen-bond acceptors (Lipinski definition) is 4. The molecule has 0 atom stereocenters. The van der Waals surface area contributed by atoms with Gasteiger partial charge in [-0.1, -0.05) is 0 Å². The van der Waals surface area contributed by atoms with Gasteiger partial charge in [-0.3, -0.25) is 0 Å². The first kappa shape index (κ1) is 6.41. The summed E-state index contributed by atoms with van der Waals surface area (Å²) in [6.07, 6.45) is 5.06. The summed E-state index contributed by atoms with van der Waals surface area (Å²) in [6, 6.07) is 0. The third kappa shape index (κ3) is 0.689. The zero-order chi connectivity index (χ0) is 8.84. The van der Waals surface area contributed by atoms with Gasteiger partial charge in [-0.25, -0.2) is 9.97 Å². The van der Waals surface area contributed by atoms with Gasteiger partial charge in [-0.05, 0) is 0 Å². The second-order valence-electron chi connectivity index (χ2n) is 2.72. The predicted octanol–water partition coefficient (Wildman–Crippen LogP) is 0.188. The first-order valence-electron chi connectivity index (χ1n) is 3.78. The Morgan fingerprint density at radius 2 is 2.31 bits per heavy atom. The maximum absolute atomic E-state index is 5.66. The van der Waals surface area contributed by atoms with Crippen LogP contribution >= 0.6 is 0 Å². The molecule has 0 spiro atoms. The lowest BCUT2D eigenvalue weighted by Crippen LogP contribution is -2.01. The summed E-state index contributed by atoms with van der Waals surface area (Å²) in [7, 11) is 0. The van der Waals surface area contributed by atoms with Crippen molar-refractivity contribution in [2.75, 3.05) is 5.73 Å². The van der Waals surface area contributed by atoms with Crippen LogP contribution in [0.15, 0.2) is 18.7 Å². The molecule has 3 rings (SSSR count). The lowest BCUT2D eigenvalue weighted by molar-refractivity contribution is 0.951. The number of aromatic nitrogens is 5. The molecule has 0 aliphatic carbocycles. The normalized spacial score (nSPS) is 11.4. The highest BCUT2D eigenvalue weighted by atomic mass is 15.3. The number of aromatic amines is 1. The molecule has 0 bridgehead atoms. The van der Waals surface area contributed by atoms with Gasteiger partial charge >= 0.3 is 0 Å². The standard InChI is InChI=1S/C7H6N6/c8-7-12-5-2-9-1-4(5)6-10-3-11-13(6)7/h1-3,9H,(H2,8,12). The van der Waals surface area contributed by atoms with E-state index < -0.39 is 0 Å². The summed E-state index contributed by atoms with van der Waals surface area (Å²) in [4.78, 5) is 11.2. The quantitative estimate of drug-likeness (QED) is 0.509. The van der Waals surface area contributed by atoms with Gasteiger partial charge in [0, 0.05) is 12.4 Å². The number of nitrogens with two attached hydrogens (primary N) is 1. The predicted molar refractivity (Wildman–Crippen MR) is 47.1 cm³/mol. The molecule has 6 nitrogen and oxygen atoms in total. The highest BCUT2D eigenvalue weighted by Crippen LogP contribution is 2.17. The van der Waals surface area contributed by atoms with Crippen molar-refractivity contribution in [3.63, 3.8) is 0 Å². The summed E-state index contributed by atoms with van der Waals surface area (Å²) in [5.74, 6) is 0.347. The van der Waals surface area contributed by atoms with Gasteiger partial charge in [-0.2, -0.15) is 9.61 Å². The van der Waals surface area contributed by atoms with Crippen LogP contribution in [0.5, 0.6) is 0 Å². The highest BCUT2D eigenvalue weighted by Gasteiger charge is 2.07. The van der Waals surface area contributed by atoms with Gasteiger partial charge in [0.25, 0.3) is 0 Å². The van der Waals surface area contributed by atoms with E-state index in [2.05, 4.69) is 20.1 Å². The molecule has 0 aliphatic rings. The Hall–Kier alpha value is -2.11. The number of hydrogen-bond donors (Lipinski definition) is 2. The Morgan fingerprint density at radius 1 is 1.38 bits per heavy atom. The molecule has 0 radical (unpaired) electrons. The molecule has 3 N–H and O–H groups in total. The van der Waals surface area contributed by atoms with Crippen LogP contribution in [0.4, 0.5) is 5.95 Å². The second kappa shape index (κ2) is 1.98. The fourth-order valence-electron chi connectivity index (χ4n) is 1.39.